The van der Waals surface area contributed by atoms with Gasteiger partial charge in [-0.1, -0.05) is 24.3 Å². The number of aliphatic carboxylic acids is 2. The summed E-state index contributed by atoms with van der Waals surface area (Å²) in [5.74, 6) is -2.84. The molecule has 11 heteroatoms. The number of carboxylic acid groups (broad SMARTS) is 2. The number of hydrogen-bond donors (Lipinski definition) is 2. The van der Waals surface area contributed by atoms with E-state index < -0.39 is 22.0 Å². The molecule has 1 aliphatic heterocycles. The highest BCUT2D eigenvalue weighted by atomic mass is 79.9. The second-order valence-corrected chi connectivity index (χ2v) is 9.36. The Bertz CT molecular complexity index is 995. The SMILES string of the molecule is COc1ccc(CN2CCN(S(=O)(=O)c3ccccc3)CC2)cc1Br.O=C(O)C(=O)O. The minimum atomic E-state index is -3.39. The lowest BCUT2D eigenvalue weighted by Gasteiger charge is -2.34. The maximum absolute atomic E-state index is 12.7. The van der Waals surface area contributed by atoms with E-state index in [9.17, 15) is 8.42 Å². The molecule has 1 heterocycles. The molecule has 31 heavy (non-hydrogen) atoms. The first kappa shape index (κ1) is 24.8. The molecule has 0 atom stereocenters. The number of nitrogens with zero attached hydrogens (tertiary/aromatic N) is 2. The Morgan fingerprint density at radius 2 is 1.58 bits per heavy atom. The smallest absolute Gasteiger partial charge is 0.414 e. The number of sulfonamides is 1. The van der Waals surface area contributed by atoms with E-state index in [-0.39, 0.29) is 0 Å². The summed E-state index contributed by atoms with van der Waals surface area (Å²) in [6.45, 7) is 3.25. The third kappa shape index (κ3) is 7.03. The summed E-state index contributed by atoms with van der Waals surface area (Å²) < 4.78 is 33.1. The highest BCUT2D eigenvalue weighted by Crippen LogP contribution is 2.26. The van der Waals surface area contributed by atoms with E-state index in [2.05, 4.69) is 20.8 Å². The Morgan fingerprint density at radius 1 is 1.00 bits per heavy atom. The van der Waals surface area contributed by atoms with Crippen LogP contribution >= 0.6 is 15.9 Å². The van der Waals surface area contributed by atoms with E-state index in [1.165, 1.54) is 5.56 Å². The van der Waals surface area contributed by atoms with Crippen LogP contribution in [-0.2, 0) is 26.2 Å². The van der Waals surface area contributed by atoms with Gasteiger partial charge in [-0.15, -0.1) is 0 Å². The Kier molecular flexibility index (Phi) is 8.99. The maximum atomic E-state index is 12.7. The number of carbonyl (C=O) groups is 2. The maximum Gasteiger partial charge on any atom is 0.414 e. The zero-order valence-corrected chi connectivity index (χ0v) is 19.2. The van der Waals surface area contributed by atoms with E-state index in [0.717, 1.165) is 29.9 Å². The van der Waals surface area contributed by atoms with Gasteiger partial charge >= 0.3 is 11.9 Å². The Hall–Kier alpha value is -2.47. The largest absolute Gasteiger partial charge is 0.496 e. The second kappa shape index (κ2) is 11.2. The molecule has 0 aromatic heterocycles. The van der Waals surface area contributed by atoms with Crippen LogP contribution in [0.3, 0.4) is 0 Å². The topological polar surface area (TPSA) is 124 Å². The van der Waals surface area contributed by atoms with Crippen LogP contribution in [-0.4, -0.2) is 73.1 Å². The molecule has 168 valence electrons. The molecule has 0 unspecified atom stereocenters. The normalized spacial score (nSPS) is 14.9. The van der Waals surface area contributed by atoms with E-state index in [4.69, 9.17) is 24.5 Å². The van der Waals surface area contributed by atoms with Crippen molar-refractivity contribution in [1.29, 1.82) is 0 Å². The van der Waals surface area contributed by atoms with Crippen LogP contribution in [0.1, 0.15) is 5.56 Å². The van der Waals surface area contributed by atoms with Crippen molar-refractivity contribution >= 4 is 37.9 Å². The zero-order valence-electron chi connectivity index (χ0n) is 16.8. The van der Waals surface area contributed by atoms with E-state index in [1.807, 2.05) is 24.3 Å². The third-order valence-electron chi connectivity index (χ3n) is 4.52. The summed E-state index contributed by atoms with van der Waals surface area (Å²) >= 11 is 3.50. The number of hydrogen-bond acceptors (Lipinski definition) is 6. The molecule has 9 nitrogen and oxygen atoms in total. The molecule has 1 aliphatic rings. The van der Waals surface area contributed by atoms with Crippen LogP contribution in [0.2, 0.25) is 0 Å². The fourth-order valence-corrected chi connectivity index (χ4v) is 4.97. The van der Waals surface area contributed by atoms with Crippen molar-refractivity contribution in [2.75, 3.05) is 33.3 Å². The number of rotatable bonds is 5. The van der Waals surface area contributed by atoms with Gasteiger partial charge in [-0.3, -0.25) is 4.90 Å². The van der Waals surface area contributed by atoms with Crippen molar-refractivity contribution in [3.8, 4) is 5.75 Å². The van der Waals surface area contributed by atoms with Gasteiger partial charge in [0, 0.05) is 32.7 Å². The summed E-state index contributed by atoms with van der Waals surface area (Å²) in [5.41, 5.74) is 1.17. The van der Waals surface area contributed by atoms with E-state index in [1.54, 1.807) is 35.7 Å². The molecule has 3 rings (SSSR count). The summed E-state index contributed by atoms with van der Waals surface area (Å²) in [6, 6.07) is 14.7. The van der Waals surface area contributed by atoms with Crippen LogP contribution in [0.25, 0.3) is 0 Å². The first-order valence-electron chi connectivity index (χ1n) is 9.21. The minimum Gasteiger partial charge on any atom is -0.496 e. The highest BCUT2D eigenvalue weighted by molar-refractivity contribution is 9.10. The molecule has 1 fully saturated rings. The molecule has 2 N–H and O–H groups in total. The van der Waals surface area contributed by atoms with Gasteiger partial charge < -0.3 is 14.9 Å². The minimum absolute atomic E-state index is 0.363. The van der Waals surface area contributed by atoms with Gasteiger partial charge in [0.15, 0.2) is 0 Å². The lowest BCUT2D eigenvalue weighted by molar-refractivity contribution is -0.159. The molecular weight excluding hydrogens is 492 g/mol. The van der Waals surface area contributed by atoms with Crippen LogP contribution < -0.4 is 4.74 Å². The molecule has 0 aliphatic carbocycles. The molecule has 1 saturated heterocycles. The predicted molar refractivity (Wildman–Crippen MR) is 116 cm³/mol. The molecule has 2 aromatic rings. The van der Waals surface area contributed by atoms with Crippen molar-refractivity contribution in [3.63, 3.8) is 0 Å². The Labute approximate surface area is 189 Å². The van der Waals surface area contributed by atoms with E-state index in [0.29, 0.717) is 18.0 Å². The molecule has 0 bridgehead atoms. The van der Waals surface area contributed by atoms with Crippen molar-refractivity contribution in [2.24, 2.45) is 0 Å². The molecule has 0 saturated carbocycles. The average Bonchev–Trinajstić information content (AvgIpc) is 2.75. The number of methoxy groups -OCH3 is 1. The number of halogens is 1. The second-order valence-electron chi connectivity index (χ2n) is 6.57. The monoisotopic (exact) mass is 514 g/mol. The number of ether oxygens (including phenoxy) is 1. The van der Waals surface area contributed by atoms with Crippen LogP contribution in [0.4, 0.5) is 0 Å². The highest BCUT2D eigenvalue weighted by Gasteiger charge is 2.28. The predicted octanol–water partition coefficient (Wildman–Crippen LogP) is 2.12. The van der Waals surface area contributed by atoms with Gasteiger partial charge in [0.25, 0.3) is 0 Å². The lowest BCUT2D eigenvalue weighted by atomic mass is 10.2. The standard InChI is InChI=1S/C18H21BrN2O3S.C2H2O4/c1-24-18-8-7-15(13-17(18)19)14-20-9-11-21(12-10-20)25(22,23)16-5-3-2-4-6-16;3-1(4)2(5)6/h2-8,13H,9-12,14H2,1H3;(H,3,4)(H,5,6). The van der Waals surface area contributed by atoms with Gasteiger partial charge in [-0.05, 0) is 45.8 Å². The number of carboxylic acids is 2. The Balaban J connectivity index is 0.000000501. The fourth-order valence-electron chi connectivity index (χ4n) is 2.94. The zero-order chi connectivity index (χ0) is 23.0. The molecule has 0 amide bonds. The van der Waals surface area contributed by atoms with Crippen molar-refractivity contribution in [2.45, 2.75) is 11.4 Å². The van der Waals surface area contributed by atoms with Crippen molar-refractivity contribution in [1.82, 2.24) is 9.21 Å². The summed E-state index contributed by atoms with van der Waals surface area (Å²) in [4.78, 5) is 20.8. The van der Waals surface area contributed by atoms with Gasteiger partial charge in [-0.25, -0.2) is 18.0 Å². The first-order chi connectivity index (χ1) is 14.6. The lowest BCUT2D eigenvalue weighted by Crippen LogP contribution is -2.48. The van der Waals surface area contributed by atoms with Crippen LogP contribution in [0.5, 0.6) is 5.75 Å². The van der Waals surface area contributed by atoms with Gasteiger partial charge in [-0.2, -0.15) is 4.31 Å². The van der Waals surface area contributed by atoms with Crippen molar-refractivity contribution in [3.05, 3.63) is 58.6 Å². The summed E-state index contributed by atoms with van der Waals surface area (Å²) in [5, 5.41) is 14.8. The third-order valence-corrected chi connectivity index (χ3v) is 7.05. The molecule has 0 spiro atoms. The molecule has 2 aromatic carbocycles. The molecular formula is C20H23BrN2O7S. The van der Waals surface area contributed by atoms with Gasteiger partial charge in [0.2, 0.25) is 10.0 Å². The fraction of sp³-hybridized carbons (Fsp3) is 0.300. The van der Waals surface area contributed by atoms with Crippen molar-refractivity contribution < 1.29 is 33.0 Å². The van der Waals surface area contributed by atoms with Crippen LogP contribution in [0, 0.1) is 0 Å². The number of benzene rings is 2. The Morgan fingerprint density at radius 3 is 2.06 bits per heavy atom. The van der Waals surface area contributed by atoms with Gasteiger partial charge in [0.1, 0.15) is 5.75 Å². The van der Waals surface area contributed by atoms with Gasteiger partial charge in [0.05, 0.1) is 16.5 Å². The quantitative estimate of drug-likeness (QED) is 0.581. The van der Waals surface area contributed by atoms with E-state index >= 15 is 0 Å². The first-order valence-corrected chi connectivity index (χ1v) is 11.4. The van der Waals surface area contributed by atoms with Crippen LogP contribution in [0.15, 0.2) is 57.9 Å². The number of piperazine rings is 1. The average molecular weight is 515 g/mol. The molecule has 0 radical (unpaired) electrons. The summed E-state index contributed by atoms with van der Waals surface area (Å²) in [7, 11) is -1.75. The summed E-state index contributed by atoms with van der Waals surface area (Å²) in [6.07, 6.45) is 0.